The molecule has 1 aliphatic carbocycles. The summed E-state index contributed by atoms with van der Waals surface area (Å²) in [6, 6.07) is 0. The zero-order valence-corrected chi connectivity index (χ0v) is 11.0. The molecule has 0 bridgehead atoms. The van der Waals surface area contributed by atoms with Crippen LogP contribution in [0.3, 0.4) is 0 Å². The van der Waals surface area contributed by atoms with Crippen LogP contribution in [0.4, 0.5) is 0 Å². The summed E-state index contributed by atoms with van der Waals surface area (Å²) in [5.74, 6) is 0.479. The highest BCUT2D eigenvalue weighted by Crippen LogP contribution is 2.10. The average molecular weight is 234 g/mol. The van der Waals surface area contributed by atoms with E-state index in [1.54, 1.807) is 0 Å². The normalized spacial score (nSPS) is 25.3. The monoisotopic (exact) mass is 234 g/mol. The third-order valence-corrected chi connectivity index (χ3v) is 3.29. The van der Waals surface area contributed by atoms with Crippen molar-refractivity contribution in [3.8, 4) is 0 Å². The van der Waals surface area contributed by atoms with E-state index in [4.69, 9.17) is 0 Å². The summed E-state index contributed by atoms with van der Waals surface area (Å²) in [5.41, 5.74) is 0. The lowest BCUT2D eigenvalue weighted by atomic mass is 10.0. The van der Waals surface area contributed by atoms with Crippen molar-refractivity contribution >= 4 is 5.78 Å². The Kier molecular flexibility index (Phi) is 8.62. The molecule has 0 spiro atoms. The SMILES string of the molecule is O=C1CCCCC/C=C/C=C/CCCCCC1. The van der Waals surface area contributed by atoms with Gasteiger partial charge in [-0.05, 0) is 38.5 Å². The third-order valence-electron chi connectivity index (χ3n) is 3.29. The Morgan fingerprint density at radius 1 is 0.647 bits per heavy atom. The van der Waals surface area contributed by atoms with Gasteiger partial charge in [0.15, 0.2) is 0 Å². The van der Waals surface area contributed by atoms with Crippen molar-refractivity contribution in [3.63, 3.8) is 0 Å². The smallest absolute Gasteiger partial charge is 0.132 e. The second kappa shape index (κ2) is 10.3. The predicted octanol–water partition coefficient (Wildman–Crippen LogP) is 4.97. The maximum Gasteiger partial charge on any atom is 0.132 e. The highest BCUT2D eigenvalue weighted by Gasteiger charge is 2.01. The van der Waals surface area contributed by atoms with Crippen LogP contribution in [0.1, 0.15) is 70.6 Å². The quantitative estimate of drug-likeness (QED) is 0.578. The zero-order chi connectivity index (χ0) is 12.2. The maximum atomic E-state index is 11.6. The number of carbonyl (C=O) groups is 1. The number of hydrogen-bond acceptors (Lipinski definition) is 1. The van der Waals surface area contributed by atoms with Crippen LogP contribution in [0.15, 0.2) is 24.3 Å². The molecule has 0 fully saturated rings. The van der Waals surface area contributed by atoms with Gasteiger partial charge in [-0.2, -0.15) is 0 Å². The molecule has 1 heteroatoms. The Morgan fingerprint density at radius 3 is 1.71 bits per heavy atom. The largest absolute Gasteiger partial charge is 0.300 e. The van der Waals surface area contributed by atoms with E-state index in [-0.39, 0.29) is 0 Å². The van der Waals surface area contributed by atoms with Crippen LogP contribution >= 0.6 is 0 Å². The van der Waals surface area contributed by atoms with Crippen LogP contribution in [0, 0.1) is 0 Å². The van der Waals surface area contributed by atoms with Gasteiger partial charge in [-0.1, -0.05) is 43.6 Å². The first kappa shape index (κ1) is 14.2. The van der Waals surface area contributed by atoms with Crippen LogP contribution in [0.5, 0.6) is 0 Å². The third kappa shape index (κ3) is 8.91. The van der Waals surface area contributed by atoms with Gasteiger partial charge in [0.05, 0.1) is 0 Å². The van der Waals surface area contributed by atoms with Crippen molar-refractivity contribution in [3.05, 3.63) is 24.3 Å². The van der Waals surface area contributed by atoms with Crippen LogP contribution in [-0.2, 0) is 4.79 Å². The van der Waals surface area contributed by atoms with Gasteiger partial charge in [-0.15, -0.1) is 0 Å². The van der Waals surface area contributed by atoms with Crippen LogP contribution < -0.4 is 0 Å². The van der Waals surface area contributed by atoms with E-state index < -0.39 is 0 Å². The van der Waals surface area contributed by atoms with Gasteiger partial charge in [0.1, 0.15) is 5.78 Å². The molecule has 0 aromatic heterocycles. The zero-order valence-electron chi connectivity index (χ0n) is 11.0. The Morgan fingerprint density at radius 2 is 1.12 bits per heavy atom. The predicted molar refractivity (Wildman–Crippen MR) is 74.1 cm³/mol. The molecule has 0 saturated heterocycles. The molecule has 1 nitrogen and oxygen atoms in total. The number of allylic oxidation sites excluding steroid dienone is 4. The van der Waals surface area contributed by atoms with Gasteiger partial charge in [-0.3, -0.25) is 4.79 Å². The maximum absolute atomic E-state index is 11.6. The van der Waals surface area contributed by atoms with Gasteiger partial charge in [0, 0.05) is 12.8 Å². The molecule has 0 radical (unpaired) electrons. The molecule has 0 aliphatic heterocycles. The van der Waals surface area contributed by atoms with Gasteiger partial charge >= 0.3 is 0 Å². The van der Waals surface area contributed by atoms with Crippen LogP contribution in [-0.4, -0.2) is 5.78 Å². The summed E-state index contributed by atoms with van der Waals surface area (Å²) in [6.07, 6.45) is 21.1. The van der Waals surface area contributed by atoms with Crippen molar-refractivity contribution < 1.29 is 4.79 Å². The number of ketones is 1. The molecule has 0 aromatic rings. The number of rotatable bonds is 0. The van der Waals surface area contributed by atoms with E-state index in [9.17, 15) is 4.79 Å². The van der Waals surface area contributed by atoms with Gasteiger partial charge < -0.3 is 0 Å². The van der Waals surface area contributed by atoms with Gasteiger partial charge in [-0.25, -0.2) is 0 Å². The molecule has 1 aliphatic rings. The topological polar surface area (TPSA) is 17.1 Å². The molecule has 0 amide bonds. The lowest BCUT2D eigenvalue weighted by Crippen LogP contribution is -1.97. The summed E-state index contributed by atoms with van der Waals surface area (Å²) in [5, 5.41) is 0. The van der Waals surface area contributed by atoms with E-state index in [0.29, 0.717) is 5.78 Å². The molecular formula is C16H26O. The van der Waals surface area contributed by atoms with Crippen LogP contribution in [0.2, 0.25) is 0 Å². The summed E-state index contributed by atoms with van der Waals surface area (Å²) in [4.78, 5) is 11.6. The fourth-order valence-corrected chi connectivity index (χ4v) is 2.17. The fraction of sp³-hybridized carbons (Fsp3) is 0.688. The summed E-state index contributed by atoms with van der Waals surface area (Å²) >= 11 is 0. The second-order valence-corrected chi connectivity index (χ2v) is 4.95. The number of Topliss-reactive ketones (excluding diaryl/α,β-unsaturated/α-hetero) is 1. The minimum absolute atomic E-state index is 0.479. The fourth-order valence-electron chi connectivity index (χ4n) is 2.17. The molecular weight excluding hydrogens is 208 g/mol. The highest BCUT2D eigenvalue weighted by molar-refractivity contribution is 5.78. The van der Waals surface area contributed by atoms with E-state index in [0.717, 1.165) is 32.1 Å². The Labute approximate surface area is 106 Å². The van der Waals surface area contributed by atoms with Crippen molar-refractivity contribution in [1.82, 2.24) is 0 Å². The molecule has 1 rings (SSSR count). The lowest BCUT2D eigenvalue weighted by molar-refractivity contribution is -0.119. The van der Waals surface area contributed by atoms with Crippen LogP contribution in [0.25, 0.3) is 0 Å². The Bertz CT molecular complexity index is 250. The van der Waals surface area contributed by atoms with E-state index in [1.807, 2.05) is 0 Å². The van der Waals surface area contributed by atoms with Crippen molar-refractivity contribution in [2.75, 3.05) is 0 Å². The molecule has 0 N–H and O–H groups in total. The molecule has 0 heterocycles. The van der Waals surface area contributed by atoms with E-state index in [1.165, 1.54) is 38.5 Å². The minimum Gasteiger partial charge on any atom is -0.300 e. The molecule has 0 saturated carbocycles. The molecule has 0 aromatic carbocycles. The number of hydrogen-bond donors (Lipinski definition) is 0. The molecule has 96 valence electrons. The van der Waals surface area contributed by atoms with Crippen molar-refractivity contribution in [1.29, 1.82) is 0 Å². The van der Waals surface area contributed by atoms with Gasteiger partial charge in [0.2, 0.25) is 0 Å². The van der Waals surface area contributed by atoms with E-state index >= 15 is 0 Å². The average Bonchev–Trinajstić information content (AvgIpc) is 2.32. The Balaban J connectivity index is 2.25. The Hall–Kier alpha value is -0.850. The summed E-state index contributed by atoms with van der Waals surface area (Å²) in [6.45, 7) is 0. The highest BCUT2D eigenvalue weighted by atomic mass is 16.1. The standard InChI is InChI=1S/C16H26O/c17-16-14-12-10-8-6-4-2-1-3-5-7-9-11-13-15-16/h1-4H,5-15H2/b3-1+,4-2+. The van der Waals surface area contributed by atoms with Crippen molar-refractivity contribution in [2.45, 2.75) is 70.6 Å². The molecule has 0 unspecified atom stereocenters. The minimum atomic E-state index is 0.479. The summed E-state index contributed by atoms with van der Waals surface area (Å²) in [7, 11) is 0. The number of carbonyl (C=O) groups excluding carboxylic acids is 1. The van der Waals surface area contributed by atoms with Crippen molar-refractivity contribution in [2.24, 2.45) is 0 Å². The van der Waals surface area contributed by atoms with E-state index in [2.05, 4.69) is 24.3 Å². The lowest BCUT2D eigenvalue weighted by Gasteiger charge is -2.02. The summed E-state index contributed by atoms with van der Waals surface area (Å²) < 4.78 is 0. The second-order valence-electron chi connectivity index (χ2n) is 4.95. The molecule has 17 heavy (non-hydrogen) atoms. The first-order valence-corrected chi connectivity index (χ1v) is 7.23. The first-order valence-electron chi connectivity index (χ1n) is 7.23. The first-order chi connectivity index (χ1) is 8.39. The molecule has 0 atom stereocenters. The van der Waals surface area contributed by atoms with Gasteiger partial charge in [0.25, 0.3) is 0 Å².